The number of rotatable bonds is 3. The molecule has 1 aliphatic rings. The molecule has 1 aliphatic heterocycles. The summed E-state index contributed by atoms with van der Waals surface area (Å²) in [5.74, 6) is -4.18. The van der Waals surface area contributed by atoms with Crippen molar-refractivity contribution in [3.05, 3.63) is 29.3 Å². The van der Waals surface area contributed by atoms with Crippen LogP contribution in [0.4, 0.5) is 14.5 Å². The summed E-state index contributed by atoms with van der Waals surface area (Å²) in [6, 6.07) is 1.19. The Labute approximate surface area is 122 Å². The Morgan fingerprint density at radius 2 is 2.05 bits per heavy atom. The molecule has 21 heavy (non-hydrogen) atoms. The highest BCUT2D eigenvalue weighted by Crippen LogP contribution is 2.33. The molecule has 2 rings (SSSR count). The van der Waals surface area contributed by atoms with Crippen molar-refractivity contribution in [1.82, 2.24) is 0 Å². The third-order valence-corrected chi connectivity index (χ3v) is 3.93. The van der Waals surface area contributed by atoms with Crippen molar-refractivity contribution < 1.29 is 28.3 Å². The summed E-state index contributed by atoms with van der Waals surface area (Å²) in [5, 5.41) is 8.48. The second-order valence-corrected chi connectivity index (χ2v) is 6.01. The molecule has 0 radical (unpaired) electrons. The van der Waals surface area contributed by atoms with Crippen LogP contribution in [0.2, 0.25) is 0 Å². The van der Waals surface area contributed by atoms with Gasteiger partial charge in [0.25, 0.3) is 0 Å². The van der Waals surface area contributed by atoms with Crippen LogP contribution in [-0.4, -0.2) is 33.9 Å². The summed E-state index contributed by atoms with van der Waals surface area (Å²) in [4.78, 5) is 35.1. The Kier molecular flexibility index (Phi) is 4.26. The Morgan fingerprint density at radius 3 is 2.62 bits per heavy atom. The summed E-state index contributed by atoms with van der Waals surface area (Å²) in [6.45, 7) is 1.35. The number of hydrogen-bond donors (Lipinski definition) is 1. The van der Waals surface area contributed by atoms with E-state index in [1.807, 2.05) is 0 Å². The first-order valence-electron chi connectivity index (χ1n) is 5.99. The molecule has 1 aromatic rings. The van der Waals surface area contributed by atoms with Crippen LogP contribution in [0, 0.1) is 11.6 Å². The first-order chi connectivity index (χ1) is 9.79. The van der Waals surface area contributed by atoms with E-state index in [-0.39, 0.29) is 23.3 Å². The van der Waals surface area contributed by atoms with E-state index in [9.17, 15) is 23.2 Å². The predicted octanol–water partition coefficient (Wildman–Crippen LogP) is 2.05. The van der Waals surface area contributed by atoms with Crippen LogP contribution in [0.15, 0.2) is 12.1 Å². The maximum absolute atomic E-state index is 13.9. The molecular weight excluding hydrogens is 304 g/mol. The van der Waals surface area contributed by atoms with E-state index in [0.29, 0.717) is 12.1 Å². The van der Waals surface area contributed by atoms with E-state index in [0.717, 1.165) is 16.7 Å². The van der Waals surface area contributed by atoms with Gasteiger partial charge in [0.05, 0.1) is 11.3 Å². The average molecular weight is 315 g/mol. The molecule has 0 spiro atoms. The molecule has 112 valence electrons. The molecule has 0 aromatic heterocycles. The quantitative estimate of drug-likeness (QED) is 0.924. The van der Waals surface area contributed by atoms with Gasteiger partial charge in [0.15, 0.2) is 10.9 Å². The minimum Gasteiger partial charge on any atom is -0.478 e. The molecule has 1 heterocycles. The molecular formula is C13H11F2NO4S. The highest BCUT2D eigenvalue weighted by atomic mass is 32.2. The van der Waals surface area contributed by atoms with Crippen LogP contribution in [0.5, 0.6) is 0 Å². The van der Waals surface area contributed by atoms with E-state index >= 15 is 0 Å². The van der Waals surface area contributed by atoms with Gasteiger partial charge >= 0.3 is 5.97 Å². The summed E-state index contributed by atoms with van der Waals surface area (Å²) in [5.41, 5.74) is -1.07. The van der Waals surface area contributed by atoms with Gasteiger partial charge in [-0.15, -0.1) is 0 Å². The number of halogens is 2. The summed E-state index contributed by atoms with van der Waals surface area (Å²) >= 11 is 0.942. The normalized spacial score (nSPS) is 18.1. The van der Waals surface area contributed by atoms with E-state index in [4.69, 9.17) is 5.11 Å². The van der Waals surface area contributed by atoms with Gasteiger partial charge in [0.2, 0.25) is 5.91 Å². The Hall–Kier alpha value is -1.96. The zero-order valence-corrected chi connectivity index (χ0v) is 11.7. The molecule has 1 atom stereocenters. The third kappa shape index (κ3) is 3.21. The number of aromatic carboxylic acids is 1. The molecule has 1 amide bonds. The van der Waals surface area contributed by atoms with Crippen molar-refractivity contribution in [1.29, 1.82) is 0 Å². The number of carbonyl (C=O) groups excluding carboxylic acids is 2. The summed E-state index contributed by atoms with van der Waals surface area (Å²) < 4.78 is 27.1. The number of amides is 1. The largest absolute Gasteiger partial charge is 0.478 e. The summed E-state index contributed by atoms with van der Waals surface area (Å²) in [6.07, 6.45) is 0.000121. The molecule has 1 saturated heterocycles. The third-order valence-electron chi connectivity index (χ3n) is 2.95. The van der Waals surface area contributed by atoms with Gasteiger partial charge in [-0.05, 0) is 6.07 Å². The molecule has 1 N–H and O–H groups in total. The van der Waals surface area contributed by atoms with Gasteiger partial charge < -0.3 is 10.0 Å². The summed E-state index contributed by atoms with van der Waals surface area (Å²) in [7, 11) is 0. The Morgan fingerprint density at radius 1 is 1.38 bits per heavy atom. The first-order valence-corrected chi connectivity index (χ1v) is 6.87. The van der Waals surface area contributed by atoms with Crippen LogP contribution in [0.25, 0.3) is 0 Å². The monoisotopic (exact) mass is 315 g/mol. The maximum atomic E-state index is 13.9. The van der Waals surface area contributed by atoms with Crippen molar-refractivity contribution in [3.8, 4) is 0 Å². The van der Waals surface area contributed by atoms with Crippen molar-refractivity contribution in [2.75, 3.05) is 11.4 Å². The number of hydrogen-bond acceptors (Lipinski definition) is 4. The van der Waals surface area contributed by atoms with Crippen molar-refractivity contribution >= 4 is 34.4 Å². The van der Waals surface area contributed by atoms with Crippen LogP contribution in [-0.2, 0) is 9.59 Å². The molecule has 0 bridgehead atoms. The number of carbonyl (C=O) groups is 3. The fraction of sp³-hybridized carbons (Fsp3) is 0.308. The number of carboxylic acids is 1. The van der Waals surface area contributed by atoms with Crippen molar-refractivity contribution in [3.63, 3.8) is 0 Å². The minimum atomic E-state index is -1.53. The highest BCUT2D eigenvalue weighted by molar-refractivity contribution is 8.14. The smallest absolute Gasteiger partial charge is 0.338 e. The number of benzene rings is 1. The van der Waals surface area contributed by atoms with Crippen LogP contribution in [0.1, 0.15) is 23.7 Å². The lowest BCUT2D eigenvalue weighted by Crippen LogP contribution is -2.28. The van der Waals surface area contributed by atoms with E-state index in [2.05, 4.69) is 0 Å². The fourth-order valence-corrected chi connectivity index (χ4v) is 3.13. The fourth-order valence-electron chi connectivity index (χ4n) is 2.21. The maximum Gasteiger partial charge on any atom is 0.338 e. The Bertz CT molecular complexity index is 635. The van der Waals surface area contributed by atoms with E-state index in [1.54, 1.807) is 0 Å². The number of nitrogens with zero attached hydrogens (tertiary/aromatic N) is 1. The molecule has 1 aromatic carbocycles. The molecule has 8 heteroatoms. The second-order valence-electron chi connectivity index (χ2n) is 4.53. The van der Waals surface area contributed by atoms with Gasteiger partial charge in [-0.25, -0.2) is 13.6 Å². The van der Waals surface area contributed by atoms with Crippen LogP contribution >= 0.6 is 11.8 Å². The lowest BCUT2D eigenvalue weighted by Gasteiger charge is -2.19. The minimum absolute atomic E-state index is 0.000121. The zero-order chi connectivity index (χ0) is 15.7. The van der Waals surface area contributed by atoms with Gasteiger partial charge in [0, 0.05) is 31.2 Å². The van der Waals surface area contributed by atoms with Gasteiger partial charge in [-0.2, -0.15) is 0 Å². The average Bonchev–Trinajstić information content (AvgIpc) is 2.67. The van der Waals surface area contributed by atoms with Crippen molar-refractivity contribution in [2.45, 2.75) is 18.6 Å². The number of anilines is 1. The van der Waals surface area contributed by atoms with Crippen molar-refractivity contribution in [2.24, 2.45) is 0 Å². The van der Waals surface area contributed by atoms with Crippen LogP contribution in [0.3, 0.4) is 0 Å². The molecule has 5 nitrogen and oxygen atoms in total. The standard InChI is InChI=1S/C13H11F2NO4S/c1-6(17)21-8-4-11(18)16(5-8)12-9(13(19)20)2-7(14)3-10(12)15/h2-3,8H,4-5H2,1H3,(H,19,20). The number of carboxylic acid groups (broad SMARTS) is 1. The topological polar surface area (TPSA) is 74.7 Å². The van der Waals surface area contributed by atoms with Gasteiger partial charge in [-0.3, -0.25) is 9.59 Å². The van der Waals surface area contributed by atoms with E-state index < -0.39 is 34.8 Å². The zero-order valence-electron chi connectivity index (χ0n) is 10.9. The number of thioether (sulfide) groups is 1. The SMILES string of the molecule is CC(=O)SC1CC(=O)N(c2c(F)cc(F)cc2C(=O)O)C1. The van der Waals surface area contributed by atoms with E-state index in [1.165, 1.54) is 6.92 Å². The molecule has 1 unspecified atom stereocenters. The molecule has 1 fully saturated rings. The lowest BCUT2D eigenvalue weighted by molar-refractivity contribution is -0.117. The van der Waals surface area contributed by atoms with Crippen LogP contribution < -0.4 is 4.90 Å². The predicted molar refractivity (Wildman–Crippen MR) is 72.3 cm³/mol. The Balaban J connectivity index is 2.40. The first kappa shape index (κ1) is 15.4. The highest BCUT2D eigenvalue weighted by Gasteiger charge is 2.35. The lowest BCUT2D eigenvalue weighted by atomic mass is 10.1. The van der Waals surface area contributed by atoms with Gasteiger partial charge in [-0.1, -0.05) is 11.8 Å². The molecule has 0 saturated carbocycles. The second kappa shape index (κ2) is 5.80. The van der Waals surface area contributed by atoms with Gasteiger partial charge in [0.1, 0.15) is 5.82 Å². The molecule has 0 aliphatic carbocycles.